The summed E-state index contributed by atoms with van der Waals surface area (Å²) in [7, 11) is 0. The van der Waals surface area contributed by atoms with E-state index in [0.29, 0.717) is 0 Å². The molecule has 0 N–H and O–H groups in total. The van der Waals surface area contributed by atoms with Gasteiger partial charge in [-0.15, -0.1) is 0 Å². The summed E-state index contributed by atoms with van der Waals surface area (Å²) in [5.41, 5.74) is 1.32. The van der Waals surface area contributed by atoms with Crippen LogP contribution in [-0.2, 0) is 0 Å². The van der Waals surface area contributed by atoms with Crippen molar-refractivity contribution in [3.8, 4) is 0 Å². The largest absolute Gasteiger partial charge is 0.0776 e. The number of hydrogen-bond acceptors (Lipinski definition) is 0. The number of rotatable bonds is 0. The Labute approximate surface area is 71.3 Å². The predicted octanol–water partition coefficient (Wildman–Crippen LogP) is 4.05. The fourth-order valence-corrected chi connectivity index (χ4v) is 0.534. The number of aryl methyl sites for hydroxylation is 1. The Morgan fingerprint density at radius 2 is 1.36 bits per heavy atom. The third-order valence-corrected chi connectivity index (χ3v) is 0.940. The van der Waals surface area contributed by atoms with Gasteiger partial charge in [-0.3, -0.25) is 0 Å². The Bertz CT molecular complexity index is 141. The average molecular weight is 152 g/mol. The second kappa shape index (κ2) is 9.22. The molecule has 0 nitrogen and oxygen atoms in total. The molecule has 64 valence electrons. The zero-order valence-electron chi connectivity index (χ0n) is 7.09. The molecule has 0 saturated heterocycles. The zero-order chi connectivity index (χ0) is 7.82. The monoisotopic (exact) mass is 152 g/mol. The van der Waals surface area contributed by atoms with E-state index in [-0.39, 0.29) is 7.43 Å². The summed E-state index contributed by atoms with van der Waals surface area (Å²) in [4.78, 5) is 0. The first-order chi connectivity index (χ1) is 4.81. The Morgan fingerprint density at radius 1 is 1.00 bits per heavy atom. The molecule has 0 bridgehead atoms. The maximum atomic E-state index is 2.12. The van der Waals surface area contributed by atoms with E-state index in [1.54, 1.807) is 0 Å². The van der Waals surface area contributed by atoms with Crippen LogP contribution < -0.4 is 0 Å². The Balaban J connectivity index is 0. The molecule has 1 rings (SSSR count). The standard InChI is InChI=1S/C7H8.C3H8.CH4/c1-7-5-3-2-4-6-7;1-3-2;/h2-6H,1H3;3H2,1-2H3;1H4. The Kier molecular flexibility index (Phi) is 10.8. The molecule has 0 saturated carbocycles. The van der Waals surface area contributed by atoms with E-state index in [1.165, 1.54) is 12.0 Å². The zero-order valence-corrected chi connectivity index (χ0v) is 7.09. The van der Waals surface area contributed by atoms with Crippen LogP contribution in [0.5, 0.6) is 0 Å². The first-order valence-corrected chi connectivity index (χ1v) is 3.82. The molecule has 0 atom stereocenters. The second-order valence-corrected chi connectivity index (χ2v) is 2.36. The lowest BCUT2D eigenvalue weighted by Crippen LogP contribution is -1.62. The fraction of sp³-hybridized carbons (Fsp3) is 0.455. The first kappa shape index (κ1) is 12.9. The van der Waals surface area contributed by atoms with E-state index in [9.17, 15) is 0 Å². The van der Waals surface area contributed by atoms with Crippen molar-refractivity contribution in [3.63, 3.8) is 0 Å². The van der Waals surface area contributed by atoms with Gasteiger partial charge in [0.25, 0.3) is 0 Å². The SMILES string of the molecule is C.CCC.Cc1ccccc1. The van der Waals surface area contributed by atoms with Gasteiger partial charge in [-0.05, 0) is 6.92 Å². The summed E-state index contributed by atoms with van der Waals surface area (Å²) < 4.78 is 0. The van der Waals surface area contributed by atoms with Crippen LogP contribution in [0.2, 0.25) is 0 Å². The smallest absolute Gasteiger partial charge is 0.0398 e. The highest BCUT2D eigenvalue weighted by atomic mass is 13.8. The first-order valence-electron chi connectivity index (χ1n) is 3.82. The van der Waals surface area contributed by atoms with E-state index in [1.807, 2.05) is 18.2 Å². The molecule has 0 aliphatic carbocycles. The highest BCUT2D eigenvalue weighted by Crippen LogP contribution is 1.92. The molecule has 0 aliphatic heterocycles. The van der Waals surface area contributed by atoms with E-state index < -0.39 is 0 Å². The number of hydrogen-bond donors (Lipinski definition) is 0. The van der Waals surface area contributed by atoms with Crippen LogP contribution in [0.3, 0.4) is 0 Å². The molecular weight excluding hydrogens is 132 g/mol. The molecular formula is C11H20. The minimum atomic E-state index is 0. The summed E-state index contributed by atoms with van der Waals surface area (Å²) in [5, 5.41) is 0. The summed E-state index contributed by atoms with van der Waals surface area (Å²) in [5.74, 6) is 0. The van der Waals surface area contributed by atoms with Crippen molar-refractivity contribution in [2.24, 2.45) is 0 Å². The molecule has 1 aromatic carbocycles. The van der Waals surface area contributed by atoms with Crippen molar-refractivity contribution in [2.45, 2.75) is 34.6 Å². The fourth-order valence-electron chi connectivity index (χ4n) is 0.534. The molecule has 0 heterocycles. The average Bonchev–Trinajstić information content (AvgIpc) is 1.91. The van der Waals surface area contributed by atoms with E-state index >= 15 is 0 Å². The summed E-state index contributed by atoms with van der Waals surface area (Å²) in [6.45, 7) is 6.33. The minimum absolute atomic E-state index is 0. The van der Waals surface area contributed by atoms with Crippen LogP contribution >= 0.6 is 0 Å². The summed E-state index contributed by atoms with van der Waals surface area (Å²) >= 11 is 0. The van der Waals surface area contributed by atoms with Gasteiger partial charge in [-0.1, -0.05) is 63.6 Å². The van der Waals surface area contributed by atoms with Crippen LogP contribution in [0.15, 0.2) is 30.3 Å². The van der Waals surface area contributed by atoms with Crippen molar-refractivity contribution in [3.05, 3.63) is 35.9 Å². The van der Waals surface area contributed by atoms with Gasteiger partial charge in [-0.2, -0.15) is 0 Å². The lowest BCUT2D eigenvalue weighted by atomic mass is 10.2. The van der Waals surface area contributed by atoms with Crippen LogP contribution in [-0.4, -0.2) is 0 Å². The van der Waals surface area contributed by atoms with Crippen molar-refractivity contribution < 1.29 is 0 Å². The lowest BCUT2D eigenvalue weighted by Gasteiger charge is -1.82. The molecule has 0 aliphatic rings. The van der Waals surface area contributed by atoms with E-state index in [2.05, 4.69) is 32.9 Å². The van der Waals surface area contributed by atoms with Crippen LogP contribution in [0.4, 0.5) is 0 Å². The predicted molar refractivity (Wildman–Crippen MR) is 53.9 cm³/mol. The summed E-state index contributed by atoms with van der Waals surface area (Å²) in [6, 6.07) is 10.3. The molecule has 0 spiro atoms. The van der Waals surface area contributed by atoms with Gasteiger partial charge < -0.3 is 0 Å². The molecule has 0 amide bonds. The van der Waals surface area contributed by atoms with Gasteiger partial charge in [0.05, 0.1) is 0 Å². The molecule has 11 heavy (non-hydrogen) atoms. The molecule has 0 fully saturated rings. The van der Waals surface area contributed by atoms with Crippen molar-refractivity contribution >= 4 is 0 Å². The number of benzene rings is 1. The van der Waals surface area contributed by atoms with E-state index in [0.717, 1.165) is 0 Å². The van der Waals surface area contributed by atoms with Gasteiger partial charge in [0, 0.05) is 0 Å². The van der Waals surface area contributed by atoms with Gasteiger partial charge in [0.1, 0.15) is 0 Å². The molecule has 1 aromatic rings. The maximum Gasteiger partial charge on any atom is -0.0398 e. The quantitative estimate of drug-likeness (QED) is 0.526. The van der Waals surface area contributed by atoms with Crippen molar-refractivity contribution in [1.29, 1.82) is 0 Å². The topological polar surface area (TPSA) is 0 Å². The highest BCUT2D eigenvalue weighted by Gasteiger charge is 1.72. The Morgan fingerprint density at radius 3 is 1.55 bits per heavy atom. The van der Waals surface area contributed by atoms with Crippen molar-refractivity contribution in [1.82, 2.24) is 0 Å². The van der Waals surface area contributed by atoms with Crippen LogP contribution in [0.25, 0.3) is 0 Å². The van der Waals surface area contributed by atoms with Gasteiger partial charge in [-0.25, -0.2) is 0 Å². The van der Waals surface area contributed by atoms with Crippen molar-refractivity contribution in [2.75, 3.05) is 0 Å². The van der Waals surface area contributed by atoms with Crippen LogP contribution in [0.1, 0.15) is 33.3 Å². The molecule has 0 radical (unpaired) electrons. The summed E-state index contributed by atoms with van der Waals surface area (Å²) in [6.07, 6.45) is 1.25. The third-order valence-electron chi connectivity index (χ3n) is 0.940. The lowest BCUT2D eigenvalue weighted by molar-refractivity contribution is 1.09. The van der Waals surface area contributed by atoms with Gasteiger partial charge in [0.15, 0.2) is 0 Å². The third kappa shape index (κ3) is 9.22. The Hall–Kier alpha value is -0.780. The van der Waals surface area contributed by atoms with Gasteiger partial charge >= 0.3 is 0 Å². The molecule has 0 unspecified atom stereocenters. The highest BCUT2D eigenvalue weighted by molar-refractivity contribution is 5.11. The van der Waals surface area contributed by atoms with Crippen LogP contribution in [0, 0.1) is 6.92 Å². The molecule has 0 aromatic heterocycles. The molecule has 0 heteroatoms. The van der Waals surface area contributed by atoms with E-state index in [4.69, 9.17) is 0 Å². The normalized spacial score (nSPS) is 7.18. The van der Waals surface area contributed by atoms with Gasteiger partial charge in [0.2, 0.25) is 0 Å². The second-order valence-electron chi connectivity index (χ2n) is 2.36. The minimum Gasteiger partial charge on any atom is -0.0776 e. The maximum absolute atomic E-state index is 2.12.